The van der Waals surface area contributed by atoms with Crippen LogP contribution in [0.1, 0.15) is 50.8 Å². The molecule has 0 fully saturated rings. The van der Waals surface area contributed by atoms with Gasteiger partial charge in [0.25, 0.3) is 0 Å². The fraction of sp³-hybridized carbons (Fsp3) is 0.333. The summed E-state index contributed by atoms with van der Waals surface area (Å²) in [5, 5.41) is 1.23. The lowest BCUT2D eigenvalue weighted by atomic mass is 10.1. The molecule has 1 aromatic carbocycles. The Morgan fingerprint density at radius 3 is 2.46 bits per heavy atom. The maximum Gasteiger partial charge on any atom is 0.348 e. The first-order valence-electron chi connectivity index (χ1n) is 9.04. The molecule has 0 aliphatic heterocycles. The van der Waals surface area contributed by atoms with E-state index in [2.05, 4.69) is 9.97 Å². The quantitative estimate of drug-likeness (QED) is 0.240. The average molecular weight is 415 g/mol. The molecule has 7 heteroatoms. The lowest BCUT2D eigenvalue weighted by Crippen LogP contribution is -2.14. The molecule has 2 heterocycles. The van der Waals surface area contributed by atoms with Crippen LogP contribution in [0.2, 0.25) is 0 Å². The molecule has 0 unspecified atom stereocenters. The smallest absolute Gasteiger partial charge is 0.348 e. The summed E-state index contributed by atoms with van der Waals surface area (Å²) in [4.78, 5) is 35.4. The second-order valence-electron chi connectivity index (χ2n) is 6.52. The van der Waals surface area contributed by atoms with Crippen molar-refractivity contribution in [1.82, 2.24) is 9.97 Å². The molecule has 0 N–H and O–H groups in total. The lowest BCUT2D eigenvalue weighted by Gasteiger charge is -2.12. The number of hydrogen-bond donors (Lipinski definition) is 0. The number of carbonyl (C=O) groups is 2. The van der Waals surface area contributed by atoms with E-state index in [0.29, 0.717) is 22.9 Å². The molecular formula is C21H22N2O3S2. The summed E-state index contributed by atoms with van der Waals surface area (Å²) in [7, 11) is 0. The minimum absolute atomic E-state index is 0.0490. The van der Waals surface area contributed by atoms with E-state index < -0.39 is 0 Å². The Balaban J connectivity index is 1.96. The Morgan fingerprint density at radius 1 is 1.14 bits per heavy atom. The number of hydrogen-bond acceptors (Lipinski definition) is 7. The van der Waals surface area contributed by atoms with Crippen LogP contribution in [0.5, 0.6) is 0 Å². The lowest BCUT2D eigenvalue weighted by molar-refractivity contribution is 0.0531. The first-order valence-corrected chi connectivity index (χ1v) is 10.7. The molecule has 146 valence electrons. The van der Waals surface area contributed by atoms with Crippen molar-refractivity contribution in [2.24, 2.45) is 0 Å². The Kier molecular flexibility index (Phi) is 6.15. The topological polar surface area (TPSA) is 69.2 Å². The van der Waals surface area contributed by atoms with Gasteiger partial charge >= 0.3 is 5.97 Å². The number of aryl methyl sites for hydroxylation is 3. The maximum atomic E-state index is 12.8. The second kappa shape index (κ2) is 8.41. The monoisotopic (exact) mass is 414 g/mol. The van der Waals surface area contributed by atoms with Crippen LogP contribution in [0, 0.1) is 20.8 Å². The maximum absolute atomic E-state index is 12.8. The Morgan fingerprint density at radius 2 is 1.82 bits per heavy atom. The Bertz CT molecular complexity index is 1040. The van der Waals surface area contributed by atoms with Gasteiger partial charge in [0, 0.05) is 10.9 Å². The number of carbonyl (C=O) groups excluding carboxylic acids is 2. The molecule has 0 aliphatic rings. The van der Waals surface area contributed by atoms with Crippen molar-refractivity contribution < 1.29 is 14.3 Å². The number of ketones is 1. The fourth-order valence-electron chi connectivity index (χ4n) is 2.85. The summed E-state index contributed by atoms with van der Waals surface area (Å²) in [6.07, 6.45) is 0. The van der Waals surface area contributed by atoms with Gasteiger partial charge in [0.2, 0.25) is 0 Å². The van der Waals surface area contributed by atoms with Gasteiger partial charge in [-0.25, -0.2) is 14.8 Å². The highest BCUT2D eigenvalue weighted by Gasteiger charge is 2.24. The summed E-state index contributed by atoms with van der Waals surface area (Å²) < 4.78 is 5.16. The molecule has 0 radical (unpaired) electrons. The van der Waals surface area contributed by atoms with E-state index in [1.807, 2.05) is 52.0 Å². The summed E-state index contributed by atoms with van der Waals surface area (Å²) in [5.41, 5.74) is 2.60. The van der Waals surface area contributed by atoms with Crippen LogP contribution < -0.4 is 0 Å². The highest BCUT2D eigenvalue weighted by molar-refractivity contribution is 8.00. The van der Waals surface area contributed by atoms with Gasteiger partial charge < -0.3 is 4.74 Å². The van der Waals surface area contributed by atoms with Crippen LogP contribution in [-0.2, 0) is 4.74 Å². The van der Waals surface area contributed by atoms with Crippen molar-refractivity contribution in [1.29, 1.82) is 0 Å². The minimum Gasteiger partial charge on any atom is -0.462 e. The molecule has 5 nitrogen and oxygen atoms in total. The number of ether oxygens (including phenoxy) is 1. The normalized spacial score (nSPS) is 12.2. The number of thiophene rings is 1. The van der Waals surface area contributed by atoms with Crippen molar-refractivity contribution in [3.63, 3.8) is 0 Å². The van der Waals surface area contributed by atoms with E-state index in [9.17, 15) is 9.59 Å². The zero-order valence-electron chi connectivity index (χ0n) is 16.5. The number of Topliss-reactive ketones (excluding diaryl/α,β-unsaturated/α-hetero) is 1. The largest absolute Gasteiger partial charge is 0.462 e. The molecule has 2 aromatic heterocycles. The van der Waals surface area contributed by atoms with Crippen molar-refractivity contribution in [2.75, 3.05) is 6.61 Å². The third-order valence-electron chi connectivity index (χ3n) is 4.32. The van der Waals surface area contributed by atoms with E-state index >= 15 is 0 Å². The predicted molar refractivity (Wildman–Crippen MR) is 114 cm³/mol. The summed E-state index contributed by atoms with van der Waals surface area (Å²) in [6.45, 7) is 9.66. The zero-order chi connectivity index (χ0) is 20.4. The van der Waals surface area contributed by atoms with Gasteiger partial charge in [-0.2, -0.15) is 0 Å². The third kappa shape index (κ3) is 4.10. The summed E-state index contributed by atoms with van der Waals surface area (Å²) in [6, 6.07) is 7.58. The number of nitrogens with zero attached hydrogens (tertiary/aromatic N) is 2. The van der Waals surface area contributed by atoms with Crippen LogP contribution in [0.3, 0.4) is 0 Å². The Hall–Kier alpha value is -2.25. The number of benzene rings is 1. The number of aromatic nitrogens is 2. The van der Waals surface area contributed by atoms with Crippen molar-refractivity contribution >= 4 is 45.1 Å². The molecular weight excluding hydrogens is 392 g/mol. The first kappa shape index (κ1) is 20.5. The summed E-state index contributed by atoms with van der Waals surface area (Å²) in [5.74, 6) is 0.315. The average Bonchev–Trinajstić information content (AvgIpc) is 2.98. The van der Waals surface area contributed by atoms with Crippen LogP contribution >= 0.6 is 23.1 Å². The molecule has 3 aromatic rings. The van der Waals surface area contributed by atoms with Crippen LogP contribution in [0.25, 0.3) is 10.2 Å². The first-order chi connectivity index (χ1) is 13.3. The molecule has 28 heavy (non-hydrogen) atoms. The van der Waals surface area contributed by atoms with Gasteiger partial charge in [0.15, 0.2) is 5.78 Å². The fourth-order valence-corrected chi connectivity index (χ4v) is 5.17. The molecule has 0 bridgehead atoms. The van der Waals surface area contributed by atoms with Crippen LogP contribution in [0.4, 0.5) is 0 Å². The van der Waals surface area contributed by atoms with E-state index in [1.54, 1.807) is 6.92 Å². The van der Waals surface area contributed by atoms with E-state index in [4.69, 9.17) is 4.74 Å². The number of rotatable bonds is 6. The SMILES string of the molecule is CCOC(=O)c1sc2nc(C)nc(S[C@H](C)C(=O)c3ccc(C)cc3)c2c1C. The molecule has 3 rings (SSSR count). The third-order valence-corrected chi connectivity index (χ3v) is 6.58. The van der Waals surface area contributed by atoms with Crippen molar-refractivity contribution in [3.05, 3.63) is 51.7 Å². The van der Waals surface area contributed by atoms with E-state index in [-0.39, 0.29) is 17.0 Å². The number of fused-ring (bicyclic) bond motifs is 1. The standard InChI is InChI=1S/C21H22N2O3S2/c1-6-26-21(25)18-12(3)16-19(22-14(5)23-20(16)28-18)27-13(4)17(24)15-9-7-11(2)8-10-15/h7-10,13H,6H2,1-5H3/t13-/m1/s1. The molecule has 0 saturated carbocycles. The number of thioether (sulfide) groups is 1. The second-order valence-corrected chi connectivity index (χ2v) is 8.85. The van der Waals surface area contributed by atoms with E-state index in [1.165, 1.54) is 23.1 Å². The minimum atomic E-state index is -0.347. The van der Waals surface area contributed by atoms with Crippen molar-refractivity contribution in [2.45, 2.75) is 44.9 Å². The molecule has 1 atom stereocenters. The number of esters is 1. The highest BCUT2D eigenvalue weighted by Crippen LogP contribution is 2.37. The molecule has 0 spiro atoms. The van der Waals surface area contributed by atoms with Gasteiger partial charge in [0.05, 0.1) is 11.9 Å². The zero-order valence-corrected chi connectivity index (χ0v) is 18.2. The van der Waals surface area contributed by atoms with Crippen LogP contribution in [0.15, 0.2) is 29.3 Å². The molecule has 0 saturated heterocycles. The predicted octanol–water partition coefficient (Wildman–Crippen LogP) is 5.16. The molecule has 0 aliphatic carbocycles. The summed E-state index contributed by atoms with van der Waals surface area (Å²) >= 11 is 2.71. The Labute approximate surface area is 172 Å². The molecule has 0 amide bonds. The highest BCUT2D eigenvalue weighted by atomic mass is 32.2. The van der Waals surface area contributed by atoms with Crippen LogP contribution in [-0.4, -0.2) is 33.6 Å². The van der Waals surface area contributed by atoms with E-state index in [0.717, 1.165) is 26.4 Å². The van der Waals surface area contributed by atoms with Crippen molar-refractivity contribution in [3.8, 4) is 0 Å². The van der Waals surface area contributed by atoms with Gasteiger partial charge in [-0.05, 0) is 40.2 Å². The van der Waals surface area contributed by atoms with Gasteiger partial charge in [-0.3, -0.25) is 4.79 Å². The van der Waals surface area contributed by atoms with Gasteiger partial charge in [-0.1, -0.05) is 41.6 Å². The van der Waals surface area contributed by atoms with Gasteiger partial charge in [0.1, 0.15) is 20.6 Å². The van der Waals surface area contributed by atoms with Gasteiger partial charge in [-0.15, -0.1) is 11.3 Å².